The average Bonchev–Trinajstić information content (AvgIpc) is 2.35. The third-order valence-electron chi connectivity index (χ3n) is 2.19. The lowest BCUT2D eigenvalue weighted by Gasteiger charge is -2.11. The molecule has 0 bridgehead atoms. The Hall–Kier alpha value is -2.52. The van der Waals surface area contributed by atoms with Crippen molar-refractivity contribution in [1.29, 1.82) is 5.26 Å². The molecule has 0 radical (unpaired) electrons. The van der Waals surface area contributed by atoms with Crippen LogP contribution in [0.3, 0.4) is 0 Å². The van der Waals surface area contributed by atoms with E-state index in [9.17, 15) is 0 Å². The lowest BCUT2D eigenvalue weighted by atomic mass is 10.2. The number of nitrogens with zero attached hydrogens (tertiary/aromatic N) is 3. The molecule has 0 saturated heterocycles. The van der Waals surface area contributed by atoms with Crippen LogP contribution in [0.1, 0.15) is 5.56 Å². The Balaban J connectivity index is 2.78. The van der Waals surface area contributed by atoms with E-state index in [1.165, 1.54) is 6.08 Å². The van der Waals surface area contributed by atoms with E-state index in [0.717, 1.165) is 11.3 Å². The number of hydrogen-bond donors (Lipinski definition) is 0. The molecule has 0 N–H and O–H groups in total. The fourth-order valence-electron chi connectivity index (χ4n) is 1.23. The second-order valence-corrected chi connectivity index (χ2v) is 3.62. The van der Waals surface area contributed by atoms with Crippen LogP contribution in [0.25, 0.3) is 10.9 Å². The maximum Gasteiger partial charge on any atom is 0.261 e. The molecule has 0 amide bonds. The standard InChI is InChI=1S/C14H13N3/c1-16-13(11-15)6-4-5-12-7-9-14(10-8-12)17(2)3/h4-10H,2-3H3. The first kappa shape index (κ1) is 12.5. The highest BCUT2D eigenvalue weighted by Gasteiger charge is 1.93. The number of rotatable bonds is 3. The van der Waals surface area contributed by atoms with Crippen LogP contribution in [0.15, 0.2) is 42.1 Å². The fourth-order valence-corrected chi connectivity index (χ4v) is 1.23. The van der Waals surface area contributed by atoms with Crippen LogP contribution >= 0.6 is 0 Å². The van der Waals surface area contributed by atoms with Gasteiger partial charge in [-0.1, -0.05) is 24.3 Å². The molecule has 0 aromatic heterocycles. The molecule has 1 rings (SSSR count). The highest BCUT2D eigenvalue weighted by molar-refractivity contribution is 5.57. The summed E-state index contributed by atoms with van der Waals surface area (Å²) in [7, 11) is 3.98. The van der Waals surface area contributed by atoms with Crippen molar-refractivity contribution < 1.29 is 0 Å². The van der Waals surface area contributed by atoms with Crippen molar-refractivity contribution in [3.05, 3.63) is 59.1 Å². The molecule has 3 nitrogen and oxygen atoms in total. The van der Waals surface area contributed by atoms with E-state index in [1.807, 2.05) is 55.4 Å². The summed E-state index contributed by atoms with van der Waals surface area (Å²) in [5.41, 5.74) is 2.26. The van der Waals surface area contributed by atoms with E-state index >= 15 is 0 Å². The number of allylic oxidation sites excluding steroid dienone is 3. The maximum atomic E-state index is 8.55. The number of anilines is 1. The van der Waals surface area contributed by atoms with Crippen LogP contribution < -0.4 is 4.90 Å². The monoisotopic (exact) mass is 223 g/mol. The van der Waals surface area contributed by atoms with E-state index in [4.69, 9.17) is 11.8 Å². The van der Waals surface area contributed by atoms with Gasteiger partial charge in [0.25, 0.3) is 5.70 Å². The SMILES string of the molecule is [C-]#[N+]C(C#N)=CC=Cc1ccc(N(C)C)cc1. The van der Waals surface area contributed by atoms with Crippen LogP contribution in [0.2, 0.25) is 0 Å². The van der Waals surface area contributed by atoms with Crippen LogP contribution in [0.4, 0.5) is 5.69 Å². The summed E-state index contributed by atoms with van der Waals surface area (Å²) >= 11 is 0. The first-order valence-corrected chi connectivity index (χ1v) is 5.10. The van der Waals surface area contributed by atoms with Crippen molar-refractivity contribution in [1.82, 2.24) is 0 Å². The Morgan fingerprint density at radius 1 is 1.35 bits per heavy atom. The van der Waals surface area contributed by atoms with E-state index < -0.39 is 0 Å². The molecular formula is C14H13N3. The zero-order chi connectivity index (χ0) is 12.7. The van der Waals surface area contributed by atoms with Gasteiger partial charge in [-0.3, -0.25) is 0 Å². The maximum absolute atomic E-state index is 8.55. The molecule has 0 aliphatic carbocycles. The van der Waals surface area contributed by atoms with Gasteiger partial charge in [0.15, 0.2) is 0 Å². The first-order chi connectivity index (χ1) is 8.17. The van der Waals surface area contributed by atoms with Gasteiger partial charge in [-0.25, -0.2) is 10.1 Å². The van der Waals surface area contributed by atoms with Gasteiger partial charge in [0.2, 0.25) is 0 Å². The molecule has 84 valence electrons. The lowest BCUT2D eigenvalue weighted by Crippen LogP contribution is -2.07. The minimum absolute atomic E-state index is 0.0890. The molecule has 0 fully saturated rings. The van der Waals surface area contributed by atoms with Gasteiger partial charge in [-0.2, -0.15) is 0 Å². The fraction of sp³-hybridized carbons (Fsp3) is 0.143. The summed E-state index contributed by atoms with van der Waals surface area (Å²) in [5, 5.41) is 8.55. The highest BCUT2D eigenvalue weighted by Crippen LogP contribution is 2.13. The zero-order valence-corrected chi connectivity index (χ0v) is 9.88. The van der Waals surface area contributed by atoms with Crippen molar-refractivity contribution in [2.75, 3.05) is 19.0 Å². The Morgan fingerprint density at radius 2 is 2.00 bits per heavy atom. The van der Waals surface area contributed by atoms with E-state index in [1.54, 1.807) is 6.08 Å². The van der Waals surface area contributed by atoms with Crippen molar-refractivity contribution in [2.24, 2.45) is 0 Å². The molecule has 1 aromatic carbocycles. The van der Waals surface area contributed by atoms with Gasteiger partial charge < -0.3 is 4.90 Å². The van der Waals surface area contributed by atoms with Crippen molar-refractivity contribution in [2.45, 2.75) is 0 Å². The van der Waals surface area contributed by atoms with Crippen LogP contribution in [0, 0.1) is 17.9 Å². The van der Waals surface area contributed by atoms with Crippen LogP contribution in [-0.4, -0.2) is 14.1 Å². The Labute approximate surface area is 102 Å². The zero-order valence-electron chi connectivity index (χ0n) is 9.88. The topological polar surface area (TPSA) is 31.4 Å². The molecule has 1 aromatic rings. The summed E-state index contributed by atoms with van der Waals surface area (Å²) in [5.74, 6) is 0. The predicted molar refractivity (Wildman–Crippen MR) is 70.1 cm³/mol. The van der Waals surface area contributed by atoms with Crippen molar-refractivity contribution >= 4 is 11.8 Å². The summed E-state index contributed by atoms with van der Waals surface area (Å²) < 4.78 is 0. The number of benzene rings is 1. The summed E-state index contributed by atoms with van der Waals surface area (Å²) in [6.45, 7) is 6.71. The van der Waals surface area contributed by atoms with Crippen molar-refractivity contribution in [3.63, 3.8) is 0 Å². The van der Waals surface area contributed by atoms with Gasteiger partial charge in [-0.15, -0.1) is 0 Å². The molecule has 0 unspecified atom stereocenters. The second kappa shape index (κ2) is 6.15. The van der Waals surface area contributed by atoms with Gasteiger partial charge in [0.1, 0.15) is 0 Å². The summed E-state index contributed by atoms with van der Waals surface area (Å²) in [6, 6.07) is 9.82. The van der Waals surface area contributed by atoms with Gasteiger partial charge >= 0.3 is 0 Å². The van der Waals surface area contributed by atoms with Crippen LogP contribution in [0.5, 0.6) is 0 Å². The normalized spacial score (nSPS) is 10.9. The number of hydrogen-bond acceptors (Lipinski definition) is 2. The lowest BCUT2D eigenvalue weighted by molar-refractivity contribution is 1.13. The molecule has 0 heterocycles. The van der Waals surface area contributed by atoms with E-state index in [0.29, 0.717) is 0 Å². The minimum atomic E-state index is 0.0890. The molecule has 0 spiro atoms. The van der Waals surface area contributed by atoms with Crippen molar-refractivity contribution in [3.8, 4) is 6.07 Å². The molecule has 3 heteroatoms. The van der Waals surface area contributed by atoms with Crippen LogP contribution in [-0.2, 0) is 0 Å². The molecular weight excluding hydrogens is 210 g/mol. The third kappa shape index (κ3) is 3.85. The predicted octanol–water partition coefficient (Wildman–Crippen LogP) is 3.09. The molecule has 0 saturated carbocycles. The Morgan fingerprint density at radius 3 is 2.47 bits per heavy atom. The highest BCUT2D eigenvalue weighted by atomic mass is 15.1. The summed E-state index contributed by atoms with van der Waals surface area (Å²) in [4.78, 5) is 5.10. The minimum Gasteiger partial charge on any atom is -0.378 e. The Kier molecular flexibility index (Phi) is 4.54. The third-order valence-corrected chi connectivity index (χ3v) is 2.19. The van der Waals surface area contributed by atoms with Gasteiger partial charge in [-0.05, 0) is 23.8 Å². The molecule has 0 aliphatic heterocycles. The average molecular weight is 223 g/mol. The Bertz CT molecular complexity index is 492. The second-order valence-electron chi connectivity index (χ2n) is 3.62. The van der Waals surface area contributed by atoms with E-state index in [2.05, 4.69) is 4.85 Å². The van der Waals surface area contributed by atoms with E-state index in [-0.39, 0.29) is 5.70 Å². The first-order valence-electron chi connectivity index (χ1n) is 5.10. The molecule has 0 aliphatic rings. The number of nitriles is 1. The van der Waals surface area contributed by atoms with Gasteiger partial charge in [0.05, 0.1) is 12.6 Å². The quantitative estimate of drug-likeness (QED) is 0.448. The molecule has 17 heavy (non-hydrogen) atoms. The summed E-state index contributed by atoms with van der Waals surface area (Å²) in [6.07, 6.45) is 5.08. The largest absolute Gasteiger partial charge is 0.378 e. The molecule has 0 atom stereocenters. The van der Waals surface area contributed by atoms with Gasteiger partial charge in [0, 0.05) is 19.8 Å². The smallest absolute Gasteiger partial charge is 0.261 e.